The van der Waals surface area contributed by atoms with E-state index < -0.39 is 10.0 Å². The Morgan fingerprint density at radius 3 is 2.89 bits per heavy atom. The summed E-state index contributed by atoms with van der Waals surface area (Å²) in [6.07, 6.45) is 1.54. The Kier molecular flexibility index (Phi) is 4.11. The Hall–Kier alpha value is -0.420. The van der Waals surface area contributed by atoms with Gasteiger partial charge in [-0.15, -0.1) is 11.3 Å². The summed E-state index contributed by atoms with van der Waals surface area (Å²) >= 11 is 4.72. The molecule has 2 rings (SSSR count). The van der Waals surface area contributed by atoms with Crippen LogP contribution in [0.3, 0.4) is 0 Å². The van der Waals surface area contributed by atoms with Crippen molar-refractivity contribution in [2.75, 3.05) is 13.1 Å². The van der Waals surface area contributed by atoms with Gasteiger partial charge >= 0.3 is 0 Å². The summed E-state index contributed by atoms with van der Waals surface area (Å²) in [5.74, 6) is -0.184. The van der Waals surface area contributed by atoms with Gasteiger partial charge in [0, 0.05) is 18.0 Å². The van der Waals surface area contributed by atoms with Crippen molar-refractivity contribution in [3.63, 3.8) is 0 Å². The van der Waals surface area contributed by atoms with E-state index in [1.165, 1.54) is 15.6 Å². The van der Waals surface area contributed by atoms with Crippen LogP contribution in [0.2, 0.25) is 0 Å². The van der Waals surface area contributed by atoms with Crippen LogP contribution in [0.1, 0.15) is 17.7 Å². The zero-order valence-corrected chi connectivity index (χ0v) is 13.1. The quantitative estimate of drug-likeness (QED) is 0.825. The topological polar surface area (TPSA) is 61.2 Å². The molecule has 0 N–H and O–H groups in total. The van der Waals surface area contributed by atoms with E-state index in [-0.39, 0.29) is 5.92 Å². The molecule has 1 unspecified atom stereocenters. The van der Waals surface area contributed by atoms with Gasteiger partial charge in [-0.05, 0) is 41.8 Å². The first kappa shape index (κ1) is 14.0. The maximum absolute atomic E-state index is 12.5. The van der Waals surface area contributed by atoms with Crippen LogP contribution in [-0.2, 0) is 10.0 Å². The van der Waals surface area contributed by atoms with Crippen LogP contribution in [0.25, 0.3) is 0 Å². The first-order chi connectivity index (χ1) is 8.45. The number of nitrogens with zero attached hydrogens (tertiary/aromatic N) is 2. The summed E-state index contributed by atoms with van der Waals surface area (Å²) in [5, 5.41) is 8.93. The van der Waals surface area contributed by atoms with E-state index in [9.17, 15) is 8.42 Å². The van der Waals surface area contributed by atoms with Crippen LogP contribution in [0.4, 0.5) is 0 Å². The van der Waals surface area contributed by atoms with E-state index in [1.54, 1.807) is 13.0 Å². The summed E-state index contributed by atoms with van der Waals surface area (Å²) in [6.45, 7) is 2.62. The van der Waals surface area contributed by atoms with Crippen LogP contribution < -0.4 is 0 Å². The SMILES string of the molecule is Cc1sc(Br)cc1S(=O)(=O)N1CCCC(C#N)C1. The molecule has 1 aromatic rings. The van der Waals surface area contributed by atoms with Crippen LogP contribution in [0.5, 0.6) is 0 Å². The molecule has 98 valence electrons. The van der Waals surface area contributed by atoms with Gasteiger partial charge in [-0.25, -0.2) is 8.42 Å². The maximum Gasteiger partial charge on any atom is 0.244 e. The number of rotatable bonds is 2. The largest absolute Gasteiger partial charge is 0.244 e. The van der Waals surface area contributed by atoms with Crippen molar-refractivity contribution in [2.24, 2.45) is 5.92 Å². The molecular formula is C11H13BrN2O2S2. The van der Waals surface area contributed by atoms with Gasteiger partial charge in [-0.2, -0.15) is 9.57 Å². The lowest BCUT2D eigenvalue weighted by Crippen LogP contribution is -2.39. The third kappa shape index (κ3) is 2.62. The summed E-state index contributed by atoms with van der Waals surface area (Å²) in [7, 11) is -3.45. The van der Waals surface area contributed by atoms with E-state index in [0.717, 1.165) is 21.5 Å². The zero-order chi connectivity index (χ0) is 13.3. The summed E-state index contributed by atoms with van der Waals surface area (Å²) in [6, 6.07) is 3.81. The van der Waals surface area contributed by atoms with E-state index in [4.69, 9.17) is 5.26 Å². The van der Waals surface area contributed by atoms with Gasteiger partial charge < -0.3 is 0 Å². The van der Waals surface area contributed by atoms with Crippen molar-refractivity contribution in [3.8, 4) is 6.07 Å². The van der Waals surface area contributed by atoms with Gasteiger partial charge in [0.15, 0.2) is 0 Å². The van der Waals surface area contributed by atoms with Crippen molar-refractivity contribution in [1.29, 1.82) is 5.26 Å². The van der Waals surface area contributed by atoms with Gasteiger partial charge in [0.1, 0.15) is 0 Å². The number of aryl methyl sites for hydroxylation is 1. The minimum atomic E-state index is -3.45. The normalized spacial score (nSPS) is 21.7. The average Bonchev–Trinajstić information content (AvgIpc) is 2.69. The molecular weight excluding hydrogens is 336 g/mol. The Morgan fingerprint density at radius 2 is 2.33 bits per heavy atom. The van der Waals surface area contributed by atoms with Crippen LogP contribution in [0.15, 0.2) is 14.7 Å². The predicted molar refractivity (Wildman–Crippen MR) is 73.9 cm³/mol. The van der Waals surface area contributed by atoms with E-state index in [0.29, 0.717) is 18.0 Å². The second-order valence-corrected chi connectivity index (χ2v) is 8.84. The lowest BCUT2D eigenvalue weighted by Gasteiger charge is -2.28. The van der Waals surface area contributed by atoms with Gasteiger partial charge in [-0.3, -0.25) is 0 Å². The molecule has 4 nitrogen and oxygen atoms in total. The average molecular weight is 349 g/mol. The van der Waals surface area contributed by atoms with Crippen molar-refractivity contribution < 1.29 is 8.42 Å². The molecule has 1 fully saturated rings. The highest BCUT2D eigenvalue weighted by Crippen LogP contribution is 2.33. The fourth-order valence-corrected chi connectivity index (χ4v) is 6.00. The molecule has 0 amide bonds. The monoisotopic (exact) mass is 348 g/mol. The lowest BCUT2D eigenvalue weighted by atomic mass is 10.0. The molecule has 1 atom stereocenters. The number of thiophene rings is 1. The molecule has 0 spiro atoms. The fourth-order valence-electron chi connectivity index (χ4n) is 2.09. The number of hydrogen-bond donors (Lipinski definition) is 0. The molecule has 0 saturated carbocycles. The molecule has 7 heteroatoms. The van der Waals surface area contributed by atoms with Crippen molar-refractivity contribution in [3.05, 3.63) is 14.7 Å². The van der Waals surface area contributed by atoms with Gasteiger partial charge in [0.2, 0.25) is 10.0 Å². The molecule has 2 heterocycles. The summed E-state index contributed by atoms with van der Waals surface area (Å²) in [5.41, 5.74) is 0. The Labute approximate surface area is 119 Å². The molecule has 0 bridgehead atoms. The smallest absolute Gasteiger partial charge is 0.207 e. The van der Waals surface area contributed by atoms with Gasteiger partial charge in [0.05, 0.1) is 20.7 Å². The lowest BCUT2D eigenvalue weighted by molar-refractivity contribution is 0.305. The minimum Gasteiger partial charge on any atom is -0.207 e. The first-order valence-electron chi connectivity index (χ1n) is 5.61. The number of piperidine rings is 1. The van der Waals surface area contributed by atoms with Crippen molar-refractivity contribution in [1.82, 2.24) is 4.31 Å². The van der Waals surface area contributed by atoms with Crippen molar-refractivity contribution >= 4 is 37.3 Å². The van der Waals surface area contributed by atoms with Gasteiger partial charge in [0.25, 0.3) is 0 Å². The van der Waals surface area contributed by atoms with Crippen LogP contribution >= 0.6 is 27.3 Å². The standard InChI is InChI=1S/C11H13BrN2O2S2/c1-8-10(5-11(12)17-8)18(15,16)14-4-2-3-9(6-13)7-14/h5,9H,2-4,7H2,1H3. The van der Waals surface area contributed by atoms with Crippen LogP contribution in [0, 0.1) is 24.2 Å². The molecule has 1 aliphatic heterocycles. The summed E-state index contributed by atoms with van der Waals surface area (Å²) < 4.78 is 27.2. The highest BCUT2D eigenvalue weighted by atomic mass is 79.9. The molecule has 0 radical (unpaired) electrons. The van der Waals surface area contributed by atoms with E-state index in [1.807, 2.05) is 0 Å². The number of sulfonamides is 1. The molecule has 18 heavy (non-hydrogen) atoms. The van der Waals surface area contributed by atoms with Crippen molar-refractivity contribution in [2.45, 2.75) is 24.7 Å². The molecule has 0 aromatic carbocycles. The maximum atomic E-state index is 12.5. The zero-order valence-electron chi connectivity index (χ0n) is 9.89. The Balaban J connectivity index is 2.32. The van der Waals surface area contributed by atoms with E-state index >= 15 is 0 Å². The highest BCUT2D eigenvalue weighted by molar-refractivity contribution is 9.11. The summed E-state index contributed by atoms with van der Waals surface area (Å²) in [4.78, 5) is 1.14. The highest BCUT2D eigenvalue weighted by Gasteiger charge is 2.32. The third-order valence-electron chi connectivity index (χ3n) is 3.03. The molecule has 1 saturated heterocycles. The van der Waals surface area contributed by atoms with Gasteiger partial charge in [-0.1, -0.05) is 0 Å². The second-order valence-electron chi connectivity index (χ2n) is 4.30. The third-order valence-corrected chi connectivity index (χ3v) is 6.70. The number of nitriles is 1. The Bertz CT molecular complexity index is 589. The van der Waals surface area contributed by atoms with Crippen LogP contribution in [-0.4, -0.2) is 25.8 Å². The fraction of sp³-hybridized carbons (Fsp3) is 0.545. The number of hydrogen-bond acceptors (Lipinski definition) is 4. The first-order valence-corrected chi connectivity index (χ1v) is 8.66. The minimum absolute atomic E-state index is 0.184. The number of halogens is 1. The predicted octanol–water partition coefficient (Wildman–Crippen LogP) is 2.74. The molecule has 0 aliphatic carbocycles. The second kappa shape index (κ2) is 5.29. The van der Waals surface area contributed by atoms with E-state index in [2.05, 4.69) is 22.0 Å². The Morgan fingerprint density at radius 1 is 1.61 bits per heavy atom. The molecule has 1 aromatic heterocycles. The molecule has 1 aliphatic rings.